The molecule has 4 aromatic rings. The third-order valence-electron chi connectivity index (χ3n) is 4.19. The van der Waals surface area contributed by atoms with Crippen LogP contribution in [0.1, 0.15) is 16.8 Å². The molecule has 0 unspecified atom stereocenters. The summed E-state index contributed by atoms with van der Waals surface area (Å²) in [5.41, 5.74) is 4.59. The Balaban J connectivity index is 1.84. The third-order valence-corrected chi connectivity index (χ3v) is 4.73. The number of aryl methyl sites for hydroxylation is 1. The molecular formula is C22H17Cl2N3. The van der Waals surface area contributed by atoms with Gasteiger partial charge in [-0.2, -0.15) is 0 Å². The molecule has 0 aliphatic rings. The van der Waals surface area contributed by atoms with Crippen molar-refractivity contribution in [2.45, 2.75) is 6.92 Å². The smallest absolute Gasteiger partial charge is 0.144 e. The van der Waals surface area contributed by atoms with Crippen LogP contribution in [0.3, 0.4) is 0 Å². The van der Waals surface area contributed by atoms with E-state index in [1.807, 2.05) is 90.3 Å². The number of rotatable bonds is 4. The molecule has 3 nitrogen and oxygen atoms in total. The van der Waals surface area contributed by atoms with Crippen LogP contribution >= 0.6 is 23.2 Å². The van der Waals surface area contributed by atoms with Crippen molar-refractivity contribution < 1.29 is 0 Å². The molecule has 0 bridgehead atoms. The number of imidazole rings is 1. The Labute approximate surface area is 167 Å². The second-order valence-electron chi connectivity index (χ2n) is 6.28. The fourth-order valence-corrected chi connectivity index (χ4v) is 3.25. The van der Waals surface area contributed by atoms with E-state index in [1.54, 1.807) is 0 Å². The highest BCUT2D eigenvalue weighted by Gasteiger charge is 2.15. The van der Waals surface area contributed by atoms with Crippen molar-refractivity contribution in [3.05, 3.63) is 94.8 Å². The number of fused-ring (bicyclic) bond motifs is 1. The summed E-state index contributed by atoms with van der Waals surface area (Å²) in [4.78, 5) is 4.74. The van der Waals surface area contributed by atoms with Crippen LogP contribution in [0.2, 0.25) is 5.02 Å². The summed E-state index contributed by atoms with van der Waals surface area (Å²) in [6.45, 7) is 2.05. The van der Waals surface area contributed by atoms with Crippen molar-refractivity contribution >= 4 is 51.5 Å². The van der Waals surface area contributed by atoms with Crippen molar-refractivity contribution in [3.8, 4) is 0 Å². The lowest BCUT2D eigenvalue weighted by atomic mass is 10.2. The number of pyridine rings is 1. The van der Waals surface area contributed by atoms with Gasteiger partial charge in [0, 0.05) is 16.9 Å². The van der Waals surface area contributed by atoms with Gasteiger partial charge in [0.25, 0.3) is 0 Å². The maximum Gasteiger partial charge on any atom is 0.144 e. The summed E-state index contributed by atoms with van der Waals surface area (Å²) in [6.07, 6.45) is 3.96. The topological polar surface area (TPSA) is 29.3 Å². The van der Waals surface area contributed by atoms with Crippen LogP contribution in [-0.2, 0) is 0 Å². The molecule has 2 aromatic heterocycles. The molecule has 4 rings (SSSR count). The van der Waals surface area contributed by atoms with Crippen LogP contribution in [0.5, 0.6) is 0 Å². The van der Waals surface area contributed by atoms with E-state index in [0.29, 0.717) is 15.7 Å². The first-order valence-corrected chi connectivity index (χ1v) is 9.30. The highest BCUT2D eigenvalue weighted by molar-refractivity contribution is 6.51. The number of nitrogens with zero attached hydrogens (tertiary/aromatic N) is 2. The van der Waals surface area contributed by atoms with Crippen LogP contribution in [0.25, 0.3) is 16.8 Å². The molecule has 2 heterocycles. The number of hydrogen-bond donors (Lipinski definition) is 1. The van der Waals surface area contributed by atoms with Crippen molar-refractivity contribution in [3.63, 3.8) is 0 Å². The normalized spacial score (nSPS) is 11.7. The van der Waals surface area contributed by atoms with E-state index in [9.17, 15) is 0 Å². The minimum absolute atomic E-state index is 0.569. The van der Waals surface area contributed by atoms with Gasteiger partial charge in [0.2, 0.25) is 0 Å². The quantitative estimate of drug-likeness (QED) is 0.414. The predicted octanol–water partition coefficient (Wildman–Crippen LogP) is 6.78. The molecule has 0 amide bonds. The maximum absolute atomic E-state index is 6.67. The van der Waals surface area contributed by atoms with Gasteiger partial charge < -0.3 is 5.32 Å². The number of nitrogens with one attached hydrogen (secondary N) is 1. The predicted molar refractivity (Wildman–Crippen MR) is 115 cm³/mol. The largest absolute Gasteiger partial charge is 0.339 e. The van der Waals surface area contributed by atoms with Gasteiger partial charge in [-0.3, -0.25) is 4.40 Å². The summed E-state index contributed by atoms with van der Waals surface area (Å²) in [6, 6.07) is 21.5. The first-order chi connectivity index (χ1) is 13.1. The maximum atomic E-state index is 6.67. The van der Waals surface area contributed by atoms with Gasteiger partial charge in [0.1, 0.15) is 17.2 Å². The summed E-state index contributed by atoms with van der Waals surface area (Å²) >= 11 is 12.7. The average molecular weight is 394 g/mol. The molecule has 0 atom stereocenters. The second kappa shape index (κ2) is 7.47. The zero-order chi connectivity index (χ0) is 18.8. The first-order valence-electron chi connectivity index (χ1n) is 8.54. The zero-order valence-electron chi connectivity index (χ0n) is 14.7. The fraction of sp³-hybridized carbons (Fsp3) is 0.0455. The van der Waals surface area contributed by atoms with Gasteiger partial charge in [0.15, 0.2) is 0 Å². The van der Waals surface area contributed by atoms with E-state index in [1.165, 1.54) is 0 Å². The van der Waals surface area contributed by atoms with Crippen molar-refractivity contribution in [1.82, 2.24) is 9.38 Å². The molecule has 5 heteroatoms. The Bertz CT molecular complexity index is 1110. The van der Waals surface area contributed by atoms with E-state index in [4.69, 9.17) is 28.2 Å². The van der Waals surface area contributed by atoms with Gasteiger partial charge in [-0.25, -0.2) is 4.98 Å². The average Bonchev–Trinajstić information content (AvgIpc) is 3.02. The van der Waals surface area contributed by atoms with E-state index < -0.39 is 0 Å². The summed E-state index contributed by atoms with van der Waals surface area (Å²) < 4.78 is 2.01. The molecule has 0 saturated carbocycles. The molecular weight excluding hydrogens is 377 g/mol. The fourth-order valence-electron chi connectivity index (χ4n) is 2.87. The van der Waals surface area contributed by atoms with Crippen molar-refractivity contribution in [2.24, 2.45) is 0 Å². The molecule has 0 aliphatic heterocycles. The van der Waals surface area contributed by atoms with Gasteiger partial charge in [-0.15, -0.1) is 0 Å². The molecule has 1 N–H and O–H groups in total. The SMILES string of the molecule is Cc1ccc2nc(C(Cl)=Cc3ccccc3)c(Nc3ccc(Cl)cc3)n2c1. The Morgan fingerprint density at radius 2 is 1.74 bits per heavy atom. The van der Waals surface area contributed by atoms with Gasteiger partial charge in [-0.1, -0.05) is 59.6 Å². The molecule has 0 fully saturated rings. The molecule has 0 spiro atoms. The Kier molecular flexibility index (Phi) is 4.88. The monoisotopic (exact) mass is 393 g/mol. The standard InChI is InChI=1S/C22H17Cl2N3/c1-15-7-12-20-26-21(19(24)13-16-5-3-2-4-6-16)22(27(20)14-15)25-18-10-8-17(23)9-11-18/h2-14,25H,1H3. The van der Waals surface area contributed by atoms with E-state index in [0.717, 1.165) is 28.3 Å². The van der Waals surface area contributed by atoms with E-state index in [2.05, 4.69) is 5.32 Å². The highest BCUT2D eigenvalue weighted by Crippen LogP contribution is 2.32. The minimum Gasteiger partial charge on any atom is -0.339 e. The molecule has 0 saturated heterocycles. The second-order valence-corrected chi connectivity index (χ2v) is 7.12. The van der Waals surface area contributed by atoms with Crippen LogP contribution in [0.4, 0.5) is 11.5 Å². The minimum atomic E-state index is 0.569. The van der Waals surface area contributed by atoms with Crippen LogP contribution in [0, 0.1) is 6.92 Å². The summed E-state index contributed by atoms with van der Waals surface area (Å²) in [7, 11) is 0. The Morgan fingerprint density at radius 3 is 2.48 bits per heavy atom. The van der Waals surface area contributed by atoms with Crippen LogP contribution in [-0.4, -0.2) is 9.38 Å². The number of anilines is 2. The zero-order valence-corrected chi connectivity index (χ0v) is 16.2. The molecule has 134 valence electrons. The number of benzene rings is 2. The van der Waals surface area contributed by atoms with Crippen molar-refractivity contribution in [2.75, 3.05) is 5.32 Å². The Morgan fingerprint density at radius 1 is 1.00 bits per heavy atom. The Hall–Kier alpha value is -2.75. The summed E-state index contributed by atoms with van der Waals surface area (Å²) in [5, 5.41) is 4.69. The van der Waals surface area contributed by atoms with Crippen LogP contribution < -0.4 is 5.32 Å². The van der Waals surface area contributed by atoms with Gasteiger partial charge in [0.05, 0.1) is 5.03 Å². The summed E-state index contributed by atoms with van der Waals surface area (Å²) in [5.74, 6) is 0.813. The van der Waals surface area contributed by atoms with E-state index in [-0.39, 0.29) is 0 Å². The van der Waals surface area contributed by atoms with Crippen LogP contribution in [0.15, 0.2) is 72.9 Å². The number of aromatic nitrogens is 2. The molecule has 27 heavy (non-hydrogen) atoms. The number of hydrogen-bond acceptors (Lipinski definition) is 2. The lowest BCUT2D eigenvalue weighted by Crippen LogP contribution is -1.98. The molecule has 0 radical (unpaired) electrons. The van der Waals surface area contributed by atoms with E-state index >= 15 is 0 Å². The highest BCUT2D eigenvalue weighted by atomic mass is 35.5. The number of halogens is 2. The molecule has 0 aliphatic carbocycles. The van der Waals surface area contributed by atoms with Gasteiger partial charge >= 0.3 is 0 Å². The van der Waals surface area contributed by atoms with Gasteiger partial charge in [-0.05, 0) is 54.5 Å². The lowest BCUT2D eigenvalue weighted by molar-refractivity contribution is 1.16. The molecule has 2 aromatic carbocycles. The first kappa shape index (κ1) is 17.7. The third kappa shape index (κ3) is 3.85. The van der Waals surface area contributed by atoms with Crippen molar-refractivity contribution in [1.29, 1.82) is 0 Å². The lowest BCUT2D eigenvalue weighted by Gasteiger charge is -2.09.